The summed E-state index contributed by atoms with van der Waals surface area (Å²) >= 11 is 0. The lowest BCUT2D eigenvalue weighted by Crippen LogP contribution is -2.38. The van der Waals surface area contributed by atoms with Crippen molar-refractivity contribution >= 4 is 5.91 Å². The van der Waals surface area contributed by atoms with Crippen molar-refractivity contribution in [3.05, 3.63) is 54.1 Å². The average Bonchev–Trinajstić information content (AvgIpc) is 2.92. The van der Waals surface area contributed by atoms with E-state index >= 15 is 0 Å². The molecular formula is C15H15N3O2. The number of hydrogen-bond donors (Lipinski definition) is 1. The highest BCUT2D eigenvalue weighted by atomic mass is 16.5. The fourth-order valence-corrected chi connectivity index (χ4v) is 2.21. The van der Waals surface area contributed by atoms with Crippen LogP contribution in [0, 0.1) is 0 Å². The zero-order valence-electron chi connectivity index (χ0n) is 11.0. The second-order valence-corrected chi connectivity index (χ2v) is 4.66. The molecule has 0 saturated carbocycles. The van der Waals surface area contributed by atoms with Crippen LogP contribution < -0.4 is 10.1 Å². The molecule has 0 spiro atoms. The van der Waals surface area contributed by atoms with E-state index in [0.29, 0.717) is 19.4 Å². The van der Waals surface area contributed by atoms with Gasteiger partial charge in [0, 0.05) is 38.0 Å². The molecule has 5 heteroatoms. The molecule has 0 saturated heterocycles. The van der Waals surface area contributed by atoms with Crippen molar-refractivity contribution in [3.8, 4) is 5.75 Å². The van der Waals surface area contributed by atoms with E-state index in [1.165, 1.54) is 0 Å². The number of carbonyl (C=O) groups is 1. The Balaban J connectivity index is 1.49. The molecule has 1 amide bonds. The van der Waals surface area contributed by atoms with Gasteiger partial charge in [0.25, 0.3) is 5.91 Å². The summed E-state index contributed by atoms with van der Waals surface area (Å²) in [5.74, 6) is 0.728. The van der Waals surface area contributed by atoms with Crippen molar-refractivity contribution in [2.24, 2.45) is 0 Å². The number of benzene rings is 1. The highest BCUT2D eigenvalue weighted by Gasteiger charge is 2.28. The molecule has 3 rings (SSSR count). The number of amides is 1. The topological polar surface area (TPSA) is 64.1 Å². The van der Waals surface area contributed by atoms with Gasteiger partial charge >= 0.3 is 0 Å². The van der Waals surface area contributed by atoms with Gasteiger partial charge in [0.15, 0.2) is 6.10 Å². The van der Waals surface area contributed by atoms with Crippen molar-refractivity contribution < 1.29 is 9.53 Å². The Morgan fingerprint density at radius 3 is 3.05 bits per heavy atom. The molecule has 0 fully saturated rings. The number of carbonyl (C=O) groups excluding carboxylic acids is 1. The van der Waals surface area contributed by atoms with Gasteiger partial charge in [0.2, 0.25) is 0 Å². The molecule has 0 radical (unpaired) electrons. The molecule has 1 aliphatic rings. The average molecular weight is 269 g/mol. The van der Waals surface area contributed by atoms with E-state index in [-0.39, 0.29) is 5.91 Å². The number of ether oxygens (including phenoxy) is 1. The van der Waals surface area contributed by atoms with Gasteiger partial charge in [-0.1, -0.05) is 18.2 Å². The number of nitrogens with one attached hydrogen (secondary N) is 1. The summed E-state index contributed by atoms with van der Waals surface area (Å²) in [5.41, 5.74) is 1.95. The van der Waals surface area contributed by atoms with Crippen molar-refractivity contribution in [1.82, 2.24) is 15.3 Å². The zero-order valence-corrected chi connectivity index (χ0v) is 11.0. The molecule has 1 aromatic carbocycles. The third kappa shape index (κ3) is 2.77. The van der Waals surface area contributed by atoms with E-state index in [4.69, 9.17) is 4.74 Å². The maximum atomic E-state index is 12.0. The van der Waals surface area contributed by atoms with Crippen LogP contribution >= 0.6 is 0 Å². The highest BCUT2D eigenvalue weighted by Crippen LogP contribution is 2.27. The van der Waals surface area contributed by atoms with Gasteiger partial charge in [-0.2, -0.15) is 0 Å². The van der Waals surface area contributed by atoms with Crippen LogP contribution in [0.3, 0.4) is 0 Å². The SMILES string of the molecule is O=C(NCCc1cnccn1)C1Cc2ccccc2O1. The van der Waals surface area contributed by atoms with E-state index in [9.17, 15) is 4.79 Å². The maximum absolute atomic E-state index is 12.0. The van der Waals surface area contributed by atoms with Crippen LogP contribution in [0.2, 0.25) is 0 Å². The van der Waals surface area contributed by atoms with Crippen molar-refractivity contribution in [2.75, 3.05) is 6.54 Å². The van der Waals surface area contributed by atoms with Gasteiger partial charge in [-0.3, -0.25) is 14.8 Å². The number of fused-ring (bicyclic) bond motifs is 1. The van der Waals surface area contributed by atoms with Crippen molar-refractivity contribution in [3.63, 3.8) is 0 Å². The lowest BCUT2D eigenvalue weighted by Gasteiger charge is -2.11. The number of rotatable bonds is 4. The second kappa shape index (κ2) is 5.69. The smallest absolute Gasteiger partial charge is 0.261 e. The van der Waals surface area contributed by atoms with E-state index in [1.807, 2.05) is 24.3 Å². The summed E-state index contributed by atoms with van der Waals surface area (Å²) < 4.78 is 5.63. The van der Waals surface area contributed by atoms with E-state index in [2.05, 4.69) is 15.3 Å². The molecule has 0 bridgehead atoms. The fraction of sp³-hybridized carbons (Fsp3) is 0.267. The molecule has 2 aromatic rings. The molecule has 2 heterocycles. The summed E-state index contributed by atoms with van der Waals surface area (Å²) in [6.45, 7) is 0.535. The predicted octanol–water partition coefficient (Wildman–Crippen LogP) is 1.14. The molecule has 102 valence electrons. The van der Waals surface area contributed by atoms with Crippen molar-refractivity contribution in [1.29, 1.82) is 0 Å². The van der Waals surface area contributed by atoms with E-state index in [1.54, 1.807) is 18.6 Å². The van der Waals surface area contributed by atoms with Gasteiger partial charge in [0.1, 0.15) is 5.75 Å². The Bertz CT molecular complexity index is 576. The maximum Gasteiger partial charge on any atom is 0.261 e. The van der Waals surface area contributed by atoms with Gasteiger partial charge in [-0.15, -0.1) is 0 Å². The van der Waals surface area contributed by atoms with E-state index < -0.39 is 6.10 Å². The minimum Gasteiger partial charge on any atom is -0.480 e. The van der Waals surface area contributed by atoms with Crippen LogP contribution in [-0.4, -0.2) is 28.5 Å². The Morgan fingerprint density at radius 2 is 2.25 bits per heavy atom. The molecule has 5 nitrogen and oxygen atoms in total. The minimum absolute atomic E-state index is 0.0786. The summed E-state index contributed by atoms with van der Waals surface area (Å²) in [6, 6.07) is 7.74. The fourth-order valence-electron chi connectivity index (χ4n) is 2.21. The Kier molecular flexibility index (Phi) is 3.58. The highest BCUT2D eigenvalue weighted by molar-refractivity contribution is 5.82. The first-order chi connectivity index (χ1) is 9.83. The lowest BCUT2D eigenvalue weighted by molar-refractivity contribution is -0.127. The van der Waals surface area contributed by atoms with Crippen LogP contribution in [0.15, 0.2) is 42.9 Å². The second-order valence-electron chi connectivity index (χ2n) is 4.66. The molecule has 1 N–H and O–H groups in total. The van der Waals surface area contributed by atoms with Crippen LogP contribution in [0.25, 0.3) is 0 Å². The number of para-hydroxylation sites is 1. The molecule has 1 atom stereocenters. The molecular weight excluding hydrogens is 254 g/mol. The monoisotopic (exact) mass is 269 g/mol. The van der Waals surface area contributed by atoms with Crippen LogP contribution in [0.1, 0.15) is 11.3 Å². The van der Waals surface area contributed by atoms with Crippen molar-refractivity contribution in [2.45, 2.75) is 18.9 Å². The standard InChI is InChI=1S/C15H15N3O2/c19-15(18-6-5-12-10-16-7-8-17-12)14-9-11-3-1-2-4-13(11)20-14/h1-4,7-8,10,14H,5-6,9H2,(H,18,19). The first-order valence-electron chi connectivity index (χ1n) is 6.60. The van der Waals surface area contributed by atoms with E-state index in [0.717, 1.165) is 17.0 Å². The quantitative estimate of drug-likeness (QED) is 0.904. The third-order valence-corrected chi connectivity index (χ3v) is 3.24. The van der Waals surface area contributed by atoms with Gasteiger partial charge in [-0.25, -0.2) is 0 Å². The molecule has 0 aliphatic carbocycles. The Labute approximate surface area is 117 Å². The van der Waals surface area contributed by atoms with Crippen LogP contribution in [0.4, 0.5) is 0 Å². The summed E-state index contributed by atoms with van der Waals surface area (Å²) in [6.07, 6.45) is 5.86. The normalized spacial score (nSPS) is 16.3. The minimum atomic E-state index is -0.422. The zero-order chi connectivity index (χ0) is 13.8. The van der Waals surface area contributed by atoms with Crippen LogP contribution in [-0.2, 0) is 17.6 Å². The summed E-state index contributed by atoms with van der Waals surface area (Å²) in [4.78, 5) is 20.2. The first-order valence-corrected chi connectivity index (χ1v) is 6.60. The largest absolute Gasteiger partial charge is 0.480 e. The Morgan fingerprint density at radius 1 is 1.35 bits per heavy atom. The summed E-state index contributed by atoms with van der Waals surface area (Å²) in [5, 5.41) is 2.88. The molecule has 1 aromatic heterocycles. The number of aromatic nitrogens is 2. The number of hydrogen-bond acceptors (Lipinski definition) is 4. The molecule has 1 unspecified atom stereocenters. The first kappa shape index (κ1) is 12.6. The molecule has 1 aliphatic heterocycles. The van der Waals surface area contributed by atoms with Gasteiger partial charge in [-0.05, 0) is 11.6 Å². The molecule has 20 heavy (non-hydrogen) atoms. The van der Waals surface area contributed by atoms with Crippen LogP contribution in [0.5, 0.6) is 5.75 Å². The van der Waals surface area contributed by atoms with Gasteiger partial charge < -0.3 is 10.1 Å². The summed E-state index contributed by atoms with van der Waals surface area (Å²) in [7, 11) is 0. The lowest BCUT2D eigenvalue weighted by atomic mass is 10.1. The predicted molar refractivity (Wildman–Crippen MR) is 73.3 cm³/mol. The third-order valence-electron chi connectivity index (χ3n) is 3.24. The Hall–Kier alpha value is -2.43. The van der Waals surface area contributed by atoms with Gasteiger partial charge in [0.05, 0.1) is 5.69 Å². The number of nitrogens with zero attached hydrogens (tertiary/aromatic N) is 2.